The molecule has 4 fully saturated rings. The Morgan fingerprint density at radius 2 is 1.88 bits per heavy atom. The zero-order valence-electron chi connectivity index (χ0n) is 15.2. The van der Waals surface area contributed by atoms with Crippen molar-refractivity contribution in [2.45, 2.75) is 44.1 Å². The standard InChI is InChI=1S/C22H25NO3/c1-25-19-4-2-3-17-10-18(26-21(17)19)5-6-20(24)23-22-11-14-7-15(12-22)9-16(8-14)13-22/h2-6,10,14-16H,7-9,11-13H2,1H3,(H,23,24)/b6-5+. The average Bonchev–Trinajstić information content (AvgIpc) is 3.01. The molecule has 1 aromatic carbocycles. The number of para-hydroxylation sites is 1. The van der Waals surface area contributed by atoms with E-state index in [1.165, 1.54) is 38.5 Å². The zero-order chi connectivity index (χ0) is 17.7. The molecule has 0 radical (unpaired) electrons. The summed E-state index contributed by atoms with van der Waals surface area (Å²) in [5, 5.41) is 4.34. The van der Waals surface area contributed by atoms with E-state index < -0.39 is 0 Å². The van der Waals surface area contributed by atoms with E-state index in [1.54, 1.807) is 19.3 Å². The van der Waals surface area contributed by atoms with Crippen molar-refractivity contribution in [3.8, 4) is 5.75 Å². The Hall–Kier alpha value is -2.23. The first-order chi connectivity index (χ1) is 12.6. The van der Waals surface area contributed by atoms with Crippen molar-refractivity contribution >= 4 is 23.0 Å². The van der Waals surface area contributed by atoms with Crippen molar-refractivity contribution in [3.05, 3.63) is 36.1 Å². The number of amides is 1. The first kappa shape index (κ1) is 16.0. The third kappa shape index (κ3) is 2.72. The van der Waals surface area contributed by atoms with Gasteiger partial charge in [0, 0.05) is 17.0 Å². The predicted octanol–water partition coefficient (Wildman–Crippen LogP) is 4.54. The highest BCUT2D eigenvalue weighted by Crippen LogP contribution is 2.55. The Morgan fingerprint density at radius 3 is 2.54 bits per heavy atom. The van der Waals surface area contributed by atoms with Crippen LogP contribution in [-0.4, -0.2) is 18.6 Å². The number of hydrogen-bond acceptors (Lipinski definition) is 3. The summed E-state index contributed by atoms with van der Waals surface area (Å²) in [6, 6.07) is 7.73. The Kier molecular flexibility index (Phi) is 3.63. The van der Waals surface area contributed by atoms with E-state index in [2.05, 4.69) is 5.32 Å². The van der Waals surface area contributed by atoms with Gasteiger partial charge in [0.2, 0.25) is 5.91 Å². The van der Waals surface area contributed by atoms with Crippen molar-refractivity contribution in [1.29, 1.82) is 0 Å². The van der Waals surface area contributed by atoms with Crippen LogP contribution in [0.3, 0.4) is 0 Å². The summed E-state index contributed by atoms with van der Waals surface area (Å²) in [4.78, 5) is 12.6. The number of methoxy groups -OCH3 is 1. The number of carbonyl (C=O) groups is 1. The van der Waals surface area contributed by atoms with Gasteiger partial charge < -0.3 is 14.5 Å². The molecule has 1 aromatic heterocycles. The van der Waals surface area contributed by atoms with Crippen LogP contribution in [-0.2, 0) is 4.79 Å². The fourth-order valence-corrected chi connectivity index (χ4v) is 6.02. The molecule has 4 bridgehead atoms. The molecule has 26 heavy (non-hydrogen) atoms. The first-order valence-corrected chi connectivity index (χ1v) is 9.69. The fraction of sp³-hybridized carbons (Fsp3) is 0.500. The first-order valence-electron chi connectivity index (χ1n) is 9.69. The van der Waals surface area contributed by atoms with Crippen molar-refractivity contribution in [1.82, 2.24) is 5.32 Å². The minimum atomic E-state index is -0.000582. The van der Waals surface area contributed by atoms with Gasteiger partial charge in [-0.05, 0) is 74.5 Å². The van der Waals surface area contributed by atoms with Gasteiger partial charge >= 0.3 is 0 Å². The van der Waals surface area contributed by atoms with Gasteiger partial charge in [-0.25, -0.2) is 0 Å². The van der Waals surface area contributed by atoms with Crippen LogP contribution >= 0.6 is 0 Å². The van der Waals surface area contributed by atoms with Crippen molar-refractivity contribution < 1.29 is 13.9 Å². The number of benzene rings is 1. The van der Waals surface area contributed by atoms with E-state index in [4.69, 9.17) is 9.15 Å². The van der Waals surface area contributed by atoms with Crippen LogP contribution in [0.25, 0.3) is 17.0 Å². The van der Waals surface area contributed by atoms with Gasteiger partial charge in [0.1, 0.15) is 5.76 Å². The lowest BCUT2D eigenvalue weighted by Crippen LogP contribution is -2.59. The second kappa shape index (κ2) is 5.90. The quantitative estimate of drug-likeness (QED) is 0.823. The number of carbonyl (C=O) groups excluding carboxylic acids is 1. The highest BCUT2D eigenvalue weighted by atomic mass is 16.5. The van der Waals surface area contributed by atoms with Gasteiger partial charge in [-0.1, -0.05) is 12.1 Å². The molecule has 136 valence electrons. The normalized spacial score (nSPS) is 32.4. The Balaban J connectivity index is 1.31. The molecule has 0 aliphatic heterocycles. The largest absolute Gasteiger partial charge is 0.493 e. The molecule has 4 nitrogen and oxygen atoms in total. The minimum Gasteiger partial charge on any atom is -0.493 e. The summed E-state index contributed by atoms with van der Waals surface area (Å²) < 4.78 is 11.2. The predicted molar refractivity (Wildman–Crippen MR) is 101 cm³/mol. The molecule has 1 heterocycles. The topological polar surface area (TPSA) is 51.5 Å². The third-order valence-electron chi connectivity index (χ3n) is 6.57. The molecule has 4 saturated carbocycles. The molecule has 0 spiro atoms. The monoisotopic (exact) mass is 351 g/mol. The van der Waals surface area contributed by atoms with Crippen molar-refractivity contribution in [2.75, 3.05) is 7.11 Å². The third-order valence-corrected chi connectivity index (χ3v) is 6.57. The molecule has 1 N–H and O–H groups in total. The molecule has 4 aliphatic carbocycles. The van der Waals surface area contributed by atoms with Gasteiger partial charge in [0.05, 0.1) is 7.11 Å². The average molecular weight is 351 g/mol. The second-order valence-electron chi connectivity index (χ2n) is 8.55. The summed E-state index contributed by atoms with van der Waals surface area (Å²) in [5.41, 5.74) is 0.768. The number of hydrogen-bond donors (Lipinski definition) is 1. The molecule has 0 unspecified atom stereocenters. The van der Waals surface area contributed by atoms with Crippen molar-refractivity contribution in [2.24, 2.45) is 17.8 Å². The molecule has 1 amide bonds. The summed E-state index contributed by atoms with van der Waals surface area (Å²) in [5.74, 6) is 3.86. The van der Waals surface area contributed by atoms with Crippen molar-refractivity contribution in [3.63, 3.8) is 0 Å². The molecule has 0 saturated heterocycles. The molecule has 0 atom stereocenters. The summed E-state index contributed by atoms with van der Waals surface area (Å²) in [7, 11) is 1.63. The molecular formula is C22H25NO3. The number of nitrogens with one attached hydrogen (secondary N) is 1. The fourth-order valence-electron chi connectivity index (χ4n) is 6.02. The summed E-state index contributed by atoms with van der Waals surface area (Å²) in [6.45, 7) is 0. The maximum absolute atomic E-state index is 12.6. The van der Waals surface area contributed by atoms with Gasteiger partial charge in [-0.3, -0.25) is 4.79 Å². The maximum Gasteiger partial charge on any atom is 0.244 e. The highest BCUT2D eigenvalue weighted by molar-refractivity contribution is 5.93. The molecule has 4 heteroatoms. The van der Waals surface area contributed by atoms with E-state index in [0.717, 1.165) is 28.7 Å². The van der Waals surface area contributed by atoms with Gasteiger partial charge in [0.15, 0.2) is 11.3 Å². The van der Waals surface area contributed by atoms with E-state index >= 15 is 0 Å². The summed E-state index contributed by atoms with van der Waals surface area (Å²) in [6.07, 6.45) is 11.0. The number of furan rings is 1. The lowest BCUT2D eigenvalue weighted by Gasteiger charge is -2.56. The molecular weight excluding hydrogens is 326 g/mol. The number of ether oxygens (including phenoxy) is 1. The Bertz CT molecular complexity index is 843. The van der Waals surface area contributed by atoms with Gasteiger partial charge in [0.25, 0.3) is 0 Å². The molecule has 4 aliphatic rings. The van der Waals surface area contributed by atoms with Crippen LogP contribution in [0.2, 0.25) is 0 Å². The van der Waals surface area contributed by atoms with Crippen LogP contribution in [0.5, 0.6) is 5.75 Å². The second-order valence-corrected chi connectivity index (χ2v) is 8.55. The maximum atomic E-state index is 12.6. The summed E-state index contributed by atoms with van der Waals surface area (Å²) >= 11 is 0. The van der Waals surface area contributed by atoms with E-state index in [0.29, 0.717) is 11.5 Å². The molecule has 2 aromatic rings. The van der Waals surface area contributed by atoms with Crippen LogP contribution in [0.4, 0.5) is 0 Å². The Labute approximate surface area is 153 Å². The number of fused-ring (bicyclic) bond motifs is 1. The lowest BCUT2D eigenvalue weighted by atomic mass is 9.53. The zero-order valence-corrected chi connectivity index (χ0v) is 15.2. The van der Waals surface area contributed by atoms with Gasteiger partial charge in [-0.2, -0.15) is 0 Å². The number of rotatable bonds is 4. The lowest BCUT2D eigenvalue weighted by molar-refractivity contribution is -0.122. The smallest absolute Gasteiger partial charge is 0.244 e. The Morgan fingerprint density at radius 1 is 1.19 bits per heavy atom. The van der Waals surface area contributed by atoms with Crippen LogP contribution < -0.4 is 10.1 Å². The van der Waals surface area contributed by atoms with Crippen LogP contribution in [0.15, 0.2) is 34.8 Å². The van der Waals surface area contributed by atoms with E-state index in [-0.39, 0.29) is 11.4 Å². The van der Waals surface area contributed by atoms with Crippen LogP contribution in [0, 0.1) is 17.8 Å². The van der Waals surface area contributed by atoms with Crippen LogP contribution in [0.1, 0.15) is 44.3 Å². The van der Waals surface area contributed by atoms with Gasteiger partial charge in [-0.15, -0.1) is 0 Å². The SMILES string of the molecule is COc1cccc2cc(/C=C/C(=O)NC34CC5CC(CC(C5)C3)C4)oc12. The van der Waals surface area contributed by atoms with E-state index in [9.17, 15) is 4.79 Å². The molecule has 6 rings (SSSR count). The van der Waals surface area contributed by atoms with E-state index in [1.807, 2.05) is 24.3 Å². The minimum absolute atomic E-state index is 0.000582. The highest BCUT2D eigenvalue weighted by Gasteiger charge is 2.51.